The molecule has 1 aromatic carbocycles. The van der Waals surface area contributed by atoms with E-state index in [0.717, 1.165) is 12.8 Å². The number of benzene rings is 1. The van der Waals surface area contributed by atoms with Crippen LogP contribution in [0.4, 0.5) is 13.2 Å². The second-order valence-electron chi connectivity index (χ2n) is 6.30. The summed E-state index contributed by atoms with van der Waals surface area (Å²) >= 11 is 0. The van der Waals surface area contributed by atoms with Gasteiger partial charge >= 0.3 is 6.18 Å². The van der Waals surface area contributed by atoms with E-state index in [1.54, 1.807) is 0 Å². The predicted molar refractivity (Wildman–Crippen MR) is 79.3 cm³/mol. The number of rotatable bonds is 4. The van der Waals surface area contributed by atoms with E-state index in [9.17, 15) is 13.2 Å². The quantitative estimate of drug-likeness (QED) is 0.854. The van der Waals surface area contributed by atoms with Gasteiger partial charge in [-0.05, 0) is 50.7 Å². The summed E-state index contributed by atoms with van der Waals surface area (Å²) in [5, 5.41) is 3.40. The molecule has 1 aliphatic rings. The first kappa shape index (κ1) is 16.3. The van der Waals surface area contributed by atoms with Gasteiger partial charge in [0.05, 0.1) is 5.92 Å². The summed E-state index contributed by atoms with van der Waals surface area (Å²) in [4.78, 5) is 0. The number of halogens is 3. The van der Waals surface area contributed by atoms with E-state index in [-0.39, 0.29) is 24.9 Å². The SMILES string of the molecule is Cc1ccccc1CC(C)NC1CCCC(C(F)(F)F)C1. The Morgan fingerprint density at radius 3 is 2.62 bits per heavy atom. The van der Waals surface area contributed by atoms with E-state index in [1.807, 2.05) is 12.1 Å². The minimum absolute atomic E-state index is 0.00982. The molecule has 2 rings (SSSR count). The number of hydrogen-bond donors (Lipinski definition) is 1. The smallest absolute Gasteiger partial charge is 0.311 e. The summed E-state index contributed by atoms with van der Waals surface area (Å²) in [6, 6.07) is 8.36. The average molecular weight is 299 g/mol. The van der Waals surface area contributed by atoms with Gasteiger partial charge in [0, 0.05) is 12.1 Å². The van der Waals surface area contributed by atoms with Crippen LogP contribution in [-0.4, -0.2) is 18.3 Å². The summed E-state index contributed by atoms with van der Waals surface area (Å²) in [5.41, 5.74) is 2.50. The molecule has 1 aromatic rings. The van der Waals surface area contributed by atoms with Crippen molar-refractivity contribution >= 4 is 0 Å². The van der Waals surface area contributed by atoms with Crippen molar-refractivity contribution in [3.05, 3.63) is 35.4 Å². The van der Waals surface area contributed by atoms with Crippen LogP contribution in [0.15, 0.2) is 24.3 Å². The van der Waals surface area contributed by atoms with Crippen molar-refractivity contribution in [2.45, 2.75) is 64.2 Å². The highest BCUT2D eigenvalue weighted by Gasteiger charge is 2.42. The molecule has 118 valence electrons. The molecule has 1 aliphatic carbocycles. The van der Waals surface area contributed by atoms with Gasteiger partial charge in [-0.3, -0.25) is 0 Å². The van der Waals surface area contributed by atoms with Crippen LogP contribution in [0.3, 0.4) is 0 Å². The van der Waals surface area contributed by atoms with E-state index in [2.05, 4.69) is 31.3 Å². The molecule has 21 heavy (non-hydrogen) atoms. The van der Waals surface area contributed by atoms with Crippen LogP contribution in [0, 0.1) is 12.8 Å². The van der Waals surface area contributed by atoms with Crippen molar-refractivity contribution in [1.29, 1.82) is 0 Å². The molecular formula is C17H24F3N. The maximum absolute atomic E-state index is 12.8. The molecule has 1 saturated carbocycles. The van der Waals surface area contributed by atoms with Crippen LogP contribution in [-0.2, 0) is 6.42 Å². The van der Waals surface area contributed by atoms with Crippen LogP contribution in [0.25, 0.3) is 0 Å². The lowest BCUT2D eigenvalue weighted by molar-refractivity contribution is -0.183. The fourth-order valence-corrected chi connectivity index (χ4v) is 3.27. The summed E-state index contributed by atoms with van der Waals surface area (Å²) in [7, 11) is 0. The second kappa shape index (κ2) is 6.82. The zero-order valence-electron chi connectivity index (χ0n) is 12.7. The van der Waals surface area contributed by atoms with Crippen molar-refractivity contribution in [3.8, 4) is 0 Å². The molecule has 3 unspecified atom stereocenters. The zero-order valence-corrected chi connectivity index (χ0v) is 12.7. The Bertz CT molecular complexity index is 456. The molecular weight excluding hydrogens is 275 g/mol. The van der Waals surface area contributed by atoms with Crippen molar-refractivity contribution in [1.82, 2.24) is 5.32 Å². The third-order valence-corrected chi connectivity index (χ3v) is 4.44. The van der Waals surface area contributed by atoms with Gasteiger partial charge in [-0.1, -0.05) is 30.7 Å². The largest absolute Gasteiger partial charge is 0.391 e. The average Bonchev–Trinajstić information content (AvgIpc) is 2.41. The maximum atomic E-state index is 12.8. The molecule has 0 aliphatic heterocycles. The summed E-state index contributed by atoms with van der Waals surface area (Å²) in [6.07, 6.45) is -1.15. The number of alkyl halides is 3. The Morgan fingerprint density at radius 2 is 1.95 bits per heavy atom. The van der Waals surface area contributed by atoms with Crippen molar-refractivity contribution in [2.24, 2.45) is 5.92 Å². The minimum atomic E-state index is -4.04. The lowest BCUT2D eigenvalue weighted by atomic mass is 9.84. The molecule has 0 amide bonds. The van der Waals surface area contributed by atoms with Crippen molar-refractivity contribution < 1.29 is 13.2 Å². The zero-order chi connectivity index (χ0) is 15.5. The van der Waals surface area contributed by atoms with Crippen LogP contribution in [0.1, 0.15) is 43.7 Å². The molecule has 3 atom stereocenters. The highest BCUT2D eigenvalue weighted by Crippen LogP contribution is 2.37. The lowest BCUT2D eigenvalue weighted by Crippen LogP contribution is -2.43. The molecule has 4 heteroatoms. The molecule has 0 bridgehead atoms. The maximum Gasteiger partial charge on any atom is 0.391 e. The van der Waals surface area contributed by atoms with Crippen molar-refractivity contribution in [2.75, 3.05) is 0 Å². The number of hydrogen-bond acceptors (Lipinski definition) is 1. The molecule has 0 saturated heterocycles. The number of nitrogens with one attached hydrogen (secondary N) is 1. The van der Waals surface area contributed by atoms with Gasteiger partial charge in [0.15, 0.2) is 0 Å². The van der Waals surface area contributed by atoms with Gasteiger partial charge < -0.3 is 5.32 Å². The topological polar surface area (TPSA) is 12.0 Å². The molecule has 0 heterocycles. The fourth-order valence-electron chi connectivity index (χ4n) is 3.27. The van der Waals surface area contributed by atoms with E-state index >= 15 is 0 Å². The van der Waals surface area contributed by atoms with E-state index < -0.39 is 12.1 Å². The van der Waals surface area contributed by atoms with Gasteiger partial charge in [0.25, 0.3) is 0 Å². The summed E-state index contributed by atoms with van der Waals surface area (Å²) in [6.45, 7) is 4.13. The van der Waals surface area contributed by atoms with Crippen LogP contribution in [0.5, 0.6) is 0 Å². The highest BCUT2D eigenvalue weighted by atomic mass is 19.4. The normalized spacial score (nSPS) is 24.8. The van der Waals surface area contributed by atoms with E-state index in [1.165, 1.54) is 11.1 Å². The Morgan fingerprint density at radius 1 is 1.24 bits per heavy atom. The Kier molecular flexibility index (Phi) is 5.31. The molecule has 1 N–H and O–H groups in total. The standard InChI is InChI=1S/C17H24F3N/c1-12-6-3-4-7-14(12)10-13(2)21-16-9-5-8-15(11-16)17(18,19)20/h3-4,6-7,13,15-16,21H,5,8-11H2,1-2H3. The van der Waals surface area contributed by atoms with Gasteiger partial charge in [-0.25, -0.2) is 0 Å². The summed E-state index contributed by atoms with van der Waals surface area (Å²) in [5.74, 6) is -1.13. The lowest BCUT2D eigenvalue weighted by Gasteiger charge is -2.33. The fraction of sp³-hybridized carbons (Fsp3) is 0.647. The Labute approximate surface area is 124 Å². The summed E-state index contributed by atoms with van der Waals surface area (Å²) < 4.78 is 38.5. The predicted octanol–water partition coefficient (Wildman–Crippen LogP) is 4.64. The minimum Gasteiger partial charge on any atom is -0.311 e. The molecule has 0 aromatic heterocycles. The van der Waals surface area contributed by atoms with Gasteiger partial charge in [-0.2, -0.15) is 13.2 Å². The van der Waals surface area contributed by atoms with E-state index in [4.69, 9.17) is 0 Å². The monoisotopic (exact) mass is 299 g/mol. The van der Waals surface area contributed by atoms with Crippen LogP contribution < -0.4 is 5.32 Å². The first-order valence-electron chi connectivity index (χ1n) is 7.73. The molecule has 1 nitrogen and oxygen atoms in total. The molecule has 1 fully saturated rings. The third-order valence-electron chi connectivity index (χ3n) is 4.44. The van der Waals surface area contributed by atoms with Gasteiger partial charge in [-0.15, -0.1) is 0 Å². The second-order valence-corrected chi connectivity index (χ2v) is 6.30. The first-order chi connectivity index (χ1) is 9.86. The van der Waals surface area contributed by atoms with Crippen LogP contribution >= 0.6 is 0 Å². The first-order valence-corrected chi connectivity index (χ1v) is 7.73. The third kappa shape index (κ3) is 4.73. The molecule has 0 radical (unpaired) electrons. The van der Waals surface area contributed by atoms with Gasteiger partial charge in [0.1, 0.15) is 0 Å². The number of aryl methyl sites for hydroxylation is 1. The van der Waals surface area contributed by atoms with Crippen molar-refractivity contribution in [3.63, 3.8) is 0 Å². The highest BCUT2D eigenvalue weighted by molar-refractivity contribution is 5.26. The van der Waals surface area contributed by atoms with Gasteiger partial charge in [0.2, 0.25) is 0 Å². The van der Waals surface area contributed by atoms with Crippen LogP contribution in [0.2, 0.25) is 0 Å². The molecule has 0 spiro atoms. The Hall–Kier alpha value is -1.03. The van der Waals surface area contributed by atoms with E-state index in [0.29, 0.717) is 6.42 Å². The Balaban J connectivity index is 1.88.